The van der Waals surface area contributed by atoms with Crippen LogP contribution in [0.15, 0.2) is 0 Å². The van der Waals surface area contributed by atoms with Crippen LogP contribution in [0, 0.1) is 10.8 Å². The maximum absolute atomic E-state index is 7.04. The van der Waals surface area contributed by atoms with Crippen LogP contribution in [0.25, 0.3) is 0 Å². The Balaban J connectivity index is 4.23. The van der Waals surface area contributed by atoms with Crippen molar-refractivity contribution in [3.05, 3.63) is 0 Å². The Morgan fingerprint density at radius 2 is 1.18 bits per heavy atom. The molecule has 0 fully saturated rings. The van der Waals surface area contributed by atoms with E-state index in [1.165, 1.54) is 12.4 Å². The summed E-state index contributed by atoms with van der Waals surface area (Å²) >= 11 is 0. The van der Waals surface area contributed by atoms with Crippen molar-refractivity contribution < 1.29 is 4.74 Å². The molecule has 64 valence electrons. The van der Waals surface area contributed by atoms with E-state index < -0.39 is 11.2 Å². The molecule has 0 spiro atoms. The standard InChI is InChI=1S/C8H16N2O/c1-7(2,5-9)11-8(3,4)6-10/h5-6,9-10H,1-4H3. The Kier molecular flexibility index (Phi) is 2.93. The SMILES string of the molecule is CC(C)(C=N)OC(C)(C)C=N. The summed E-state index contributed by atoms with van der Waals surface area (Å²) in [6.45, 7) is 7.19. The highest BCUT2D eigenvalue weighted by atomic mass is 16.5. The van der Waals surface area contributed by atoms with Crippen molar-refractivity contribution in [1.29, 1.82) is 10.8 Å². The van der Waals surface area contributed by atoms with E-state index in [-0.39, 0.29) is 0 Å². The number of hydrogen-bond donors (Lipinski definition) is 2. The third-order valence-electron chi connectivity index (χ3n) is 1.22. The summed E-state index contributed by atoms with van der Waals surface area (Å²) < 4.78 is 5.44. The first-order valence-corrected chi connectivity index (χ1v) is 3.56. The highest BCUT2D eigenvalue weighted by Gasteiger charge is 2.25. The van der Waals surface area contributed by atoms with Gasteiger partial charge in [-0.25, -0.2) is 0 Å². The summed E-state index contributed by atoms with van der Waals surface area (Å²) in [4.78, 5) is 0. The van der Waals surface area contributed by atoms with Crippen LogP contribution < -0.4 is 0 Å². The topological polar surface area (TPSA) is 56.9 Å². The minimum Gasteiger partial charge on any atom is -0.358 e. The van der Waals surface area contributed by atoms with Gasteiger partial charge >= 0.3 is 0 Å². The fourth-order valence-corrected chi connectivity index (χ4v) is 0.737. The van der Waals surface area contributed by atoms with Gasteiger partial charge in [-0.2, -0.15) is 0 Å². The number of rotatable bonds is 4. The second-order valence-electron chi connectivity index (χ2n) is 3.60. The van der Waals surface area contributed by atoms with Gasteiger partial charge in [0.1, 0.15) is 0 Å². The molecule has 0 atom stereocenters. The molecule has 0 radical (unpaired) electrons. The molecule has 0 saturated heterocycles. The monoisotopic (exact) mass is 156 g/mol. The first kappa shape index (κ1) is 10.3. The minimum absolute atomic E-state index is 0.582. The normalized spacial score (nSPS) is 12.7. The molecule has 0 aromatic rings. The lowest BCUT2D eigenvalue weighted by molar-refractivity contribution is -0.0397. The molecule has 0 saturated carbocycles. The van der Waals surface area contributed by atoms with Gasteiger partial charge in [0, 0.05) is 12.4 Å². The summed E-state index contributed by atoms with van der Waals surface area (Å²) in [5.74, 6) is 0. The van der Waals surface area contributed by atoms with E-state index >= 15 is 0 Å². The zero-order valence-electron chi connectivity index (χ0n) is 7.56. The predicted molar refractivity (Wildman–Crippen MR) is 46.8 cm³/mol. The van der Waals surface area contributed by atoms with Crippen LogP contribution in [0.3, 0.4) is 0 Å². The summed E-state index contributed by atoms with van der Waals surface area (Å²) in [7, 11) is 0. The fourth-order valence-electron chi connectivity index (χ4n) is 0.737. The third kappa shape index (κ3) is 3.88. The second kappa shape index (κ2) is 3.13. The zero-order chi connectivity index (χ0) is 9.12. The largest absolute Gasteiger partial charge is 0.358 e. The van der Waals surface area contributed by atoms with Gasteiger partial charge in [-0.05, 0) is 27.7 Å². The van der Waals surface area contributed by atoms with E-state index in [4.69, 9.17) is 15.6 Å². The summed E-state index contributed by atoms with van der Waals surface area (Å²) in [5, 5.41) is 14.1. The summed E-state index contributed by atoms with van der Waals surface area (Å²) in [5.41, 5.74) is -1.16. The lowest BCUT2D eigenvalue weighted by Crippen LogP contribution is -2.38. The molecule has 0 aromatic heterocycles. The molecular weight excluding hydrogens is 140 g/mol. The van der Waals surface area contributed by atoms with Crippen molar-refractivity contribution in [2.24, 2.45) is 0 Å². The van der Waals surface area contributed by atoms with E-state index in [0.29, 0.717) is 0 Å². The lowest BCUT2D eigenvalue weighted by atomic mass is 10.1. The van der Waals surface area contributed by atoms with Crippen LogP contribution >= 0.6 is 0 Å². The van der Waals surface area contributed by atoms with Crippen LogP contribution in [-0.2, 0) is 4.74 Å². The van der Waals surface area contributed by atoms with E-state index in [1.807, 2.05) is 0 Å². The molecule has 0 aliphatic rings. The van der Waals surface area contributed by atoms with Gasteiger partial charge in [-0.1, -0.05) is 0 Å². The van der Waals surface area contributed by atoms with Gasteiger partial charge in [0.2, 0.25) is 0 Å². The highest BCUT2D eigenvalue weighted by Crippen LogP contribution is 2.16. The minimum atomic E-state index is -0.582. The first-order chi connectivity index (χ1) is 4.83. The molecule has 0 rings (SSSR count). The first-order valence-electron chi connectivity index (χ1n) is 3.56. The maximum Gasteiger partial charge on any atom is 0.0981 e. The summed E-state index contributed by atoms with van der Waals surface area (Å²) in [6, 6.07) is 0. The van der Waals surface area contributed by atoms with E-state index in [2.05, 4.69) is 0 Å². The Morgan fingerprint density at radius 1 is 0.909 bits per heavy atom. The lowest BCUT2D eigenvalue weighted by Gasteiger charge is -2.30. The molecule has 3 nitrogen and oxygen atoms in total. The van der Waals surface area contributed by atoms with Gasteiger partial charge in [0.25, 0.3) is 0 Å². The van der Waals surface area contributed by atoms with Crippen molar-refractivity contribution in [3.8, 4) is 0 Å². The van der Waals surface area contributed by atoms with Crippen molar-refractivity contribution in [2.75, 3.05) is 0 Å². The van der Waals surface area contributed by atoms with Crippen molar-refractivity contribution in [3.63, 3.8) is 0 Å². The number of ether oxygens (including phenoxy) is 1. The van der Waals surface area contributed by atoms with E-state index in [0.717, 1.165) is 0 Å². The number of hydrogen-bond acceptors (Lipinski definition) is 3. The van der Waals surface area contributed by atoms with E-state index in [9.17, 15) is 0 Å². The van der Waals surface area contributed by atoms with E-state index in [1.54, 1.807) is 27.7 Å². The molecule has 11 heavy (non-hydrogen) atoms. The molecule has 0 aliphatic carbocycles. The Morgan fingerprint density at radius 3 is 1.36 bits per heavy atom. The molecule has 0 bridgehead atoms. The Hall–Kier alpha value is -0.700. The van der Waals surface area contributed by atoms with Gasteiger partial charge < -0.3 is 15.6 Å². The Bertz CT molecular complexity index is 143. The van der Waals surface area contributed by atoms with Crippen molar-refractivity contribution in [1.82, 2.24) is 0 Å². The Labute approximate surface area is 67.8 Å². The average Bonchev–Trinajstić information content (AvgIpc) is 1.86. The van der Waals surface area contributed by atoms with Crippen LogP contribution in [0.4, 0.5) is 0 Å². The van der Waals surface area contributed by atoms with Crippen LogP contribution in [0.5, 0.6) is 0 Å². The number of nitrogens with one attached hydrogen (secondary N) is 2. The molecule has 0 heterocycles. The smallest absolute Gasteiger partial charge is 0.0981 e. The zero-order valence-corrected chi connectivity index (χ0v) is 7.56. The van der Waals surface area contributed by atoms with Gasteiger partial charge in [-0.15, -0.1) is 0 Å². The maximum atomic E-state index is 7.04. The molecule has 0 aliphatic heterocycles. The highest BCUT2D eigenvalue weighted by molar-refractivity contribution is 5.67. The van der Waals surface area contributed by atoms with Crippen LogP contribution in [-0.4, -0.2) is 23.6 Å². The molecule has 0 unspecified atom stereocenters. The fraction of sp³-hybridized carbons (Fsp3) is 0.750. The van der Waals surface area contributed by atoms with Crippen LogP contribution in [0.2, 0.25) is 0 Å². The molecular formula is C8H16N2O. The van der Waals surface area contributed by atoms with Crippen molar-refractivity contribution in [2.45, 2.75) is 38.9 Å². The molecule has 0 amide bonds. The average molecular weight is 156 g/mol. The van der Waals surface area contributed by atoms with Crippen molar-refractivity contribution >= 4 is 12.4 Å². The molecule has 2 N–H and O–H groups in total. The molecule has 0 aromatic carbocycles. The molecule has 3 heteroatoms. The van der Waals surface area contributed by atoms with Gasteiger partial charge in [0.15, 0.2) is 0 Å². The quantitative estimate of drug-likeness (QED) is 0.600. The van der Waals surface area contributed by atoms with Crippen LogP contribution in [0.1, 0.15) is 27.7 Å². The predicted octanol–water partition coefficient (Wildman–Crippen LogP) is 1.86. The van der Waals surface area contributed by atoms with Gasteiger partial charge in [0.05, 0.1) is 11.2 Å². The van der Waals surface area contributed by atoms with Gasteiger partial charge in [-0.3, -0.25) is 0 Å². The third-order valence-corrected chi connectivity index (χ3v) is 1.22. The summed E-state index contributed by atoms with van der Waals surface area (Å²) in [6.07, 6.45) is 2.47. The second-order valence-corrected chi connectivity index (χ2v) is 3.60.